The fourth-order valence-electron chi connectivity index (χ4n) is 1.80. The van der Waals surface area contributed by atoms with Crippen molar-refractivity contribution in [2.45, 2.75) is 19.9 Å². The number of fused-ring (bicyclic) bond motifs is 1. The smallest absolute Gasteiger partial charge is 0.398 e. The highest BCUT2D eigenvalue weighted by Gasteiger charge is 2.33. The SMILES string of the molecule is CC(=O)NC(C)c1c(N)ccc2c1OS(=O)(=O)O2. The maximum Gasteiger partial charge on any atom is 0.501 e. The first kappa shape index (κ1) is 12.5. The highest BCUT2D eigenvalue weighted by molar-refractivity contribution is 7.82. The first-order valence-electron chi connectivity index (χ1n) is 5.13. The molecule has 7 nitrogen and oxygen atoms in total. The van der Waals surface area contributed by atoms with Gasteiger partial charge in [-0.05, 0) is 19.1 Å². The third kappa shape index (κ3) is 2.19. The molecule has 0 saturated heterocycles. The third-order valence-corrected chi connectivity index (χ3v) is 3.18. The van der Waals surface area contributed by atoms with E-state index in [1.54, 1.807) is 6.92 Å². The number of benzene rings is 1. The van der Waals surface area contributed by atoms with Gasteiger partial charge in [-0.3, -0.25) is 4.79 Å². The lowest BCUT2D eigenvalue weighted by Gasteiger charge is -2.16. The first-order valence-corrected chi connectivity index (χ1v) is 6.47. The van der Waals surface area contributed by atoms with Gasteiger partial charge in [0.1, 0.15) is 0 Å². The van der Waals surface area contributed by atoms with Gasteiger partial charge in [0.2, 0.25) is 5.91 Å². The molecule has 1 heterocycles. The van der Waals surface area contributed by atoms with Crippen molar-refractivity contribution in [3.8, 4) is 11.5 Å². The van der Waals surface area contributed by atoms with Gasteiger partial charge in [0.25, 0.3) is 0 Å². The Bertz CT molecular complexity index is 611. The molecule has 18 heavy (non-hydrogen) atoms. The molecule has 1 aliphatic rings. The Morgan fingerprint density at radius 1 is 1.39 bits per heavy atom. The van der Waals surface area contributed by atoms with Crippen molar-refractivity contribution in [3.63, 3.8) is 0 Å². The fourth-order valence-corrected chi connectivity index (χ4v) is 2.56. The van der Waals surface area contributed by atoms with Crippen LogP contribution in [0.25, 0.3) is 0 Å². The molecule has 1 amide bonds. The maximum absolute atomic E-state index is 11.2. The van der Waals surface area contributed by atoms with E-state index in [2.05, 4.69) is 9.50 Å². The van der Waals surface area contributed by atoms with Crippen molar-refractivity contribution >= 4 is 22.0 Å². The molecule has 1 aromatic rings. The van der Waals surface area contributed by atoms with Crippen LogP contribution in [0.2, 0.25) is 0 Å². The fraction of sp³-hybridized carbons (Fsp3) is 0.300. The Labute approximate surface area is 104 Å². The van der Waals surface area contributed by atoms with E-state index in [0.29, 0.717) is 11.3 Å². The van der Waals surface area contributed by atoms with Crippen LogP contribution in [-0.4, -0.2) is 14.3 Å². The Morgan fingerprint density at radius 3 is 2.67 bits per heavy atom. The first-order chi connectivity index (χ1) is 8.30. The minimum Gasteiger partial charge on any atom is -0.398 e. The molecule has 0 fully saturated rings. The number of carbonyl (C=O) groups is 1. The number of carbonyl (C=O) groups excluding carboxylic acids is 1. The molecule has 0 spiro atoms. The summed E-state index contributed by atoms with van der Waals surface area (Å²) in [6.07, 6.45) is 0. The largest absolute Gasteiger partial charge is 0.501 e. The Kier molecular flexibility index (Phi) is 2.81. The predicted octanol–water partition coefficient (Wildman–Crippen LogP) is 0.482. The summed E-state index contributed by atoms with van der Waals surface area (Å²) in [6.45, 7) is 3.02. The quantitative estimate of drug-likeness (QED) is 0.758. The number of hydrogen-bond acceptors (Lipinski definition) is 6. The van der Waals surface area contributed by atoms with E-state index in [4.69, 9.17) is 9.92 Å². The second-order valence-electron chi connectivity index (χ2n) is 3.89. The summed E-state index contributed by atoms with van der Waals surface area (Å²) in [5, 5.41) is 2.61. The van der Waals surface area contributed by atoms with Crippen LogP contribution in [0.3, 0.4) is 0 Å². The van der Waals surface area contributed by atoms with Crippen LogP contribution < -0.4 is 19.4 Å². The average Bonchev–Trinajstić information content (AvgIpc) is 2.50. The number of nitrogens with one attached hydrogen (secondary N) is 1. The summed E-state index contributed by atoms with van der Waals surface area (Å²) >= 11 is 0. The summed E-state index contributed by atoms with van der Waals surface area (Å²) < 4.78 is 31.8. The van der Waals surface area contributed by atoms with Crippen LogP contribution in [0.15, 0.2) is 12.1 Å². The second-order valence-corrected chi connectivity index (χ2v) is 5.04. The van der Waals surface area contributed by atoms with Gasteiger partial charge < -0.3 is 19.4 Å². The molecule has 3 N–H and O–H groups in total. The van der Waals surface area contributed by atoms with E-state index in [0.717, 1.165) is 0 Å². The summed E-state index contributed by atoms with van der Waals surface area (Å²) in [4.78, 5) is 11.0. The highest BCUT2D eigenvalue weighted by atomic mass is 32.3. The Morgan fingerprint density at radius 2 is 2.06 bits per heavy atom. The minimum atomic E-state index is -4.07. The topological polar surface area (TPSA) is 108 Å². The van der Waals surface area contributed by atoms with Crippen LogP contribution in [0.4, 0.5) is 5.69 Å². The summed E-state index contributed by atoms with van der Waals surface area (Å²) in [7, 11) is -4.07. The van der Waals surface area contributed by atoms with Crippen molar-refractivity contribution in [3.05, 3.63) is 17.7 Å². The zero-order valence-corrected chi connectivity index (χ0v) is 10.6. The lowest BCUT2D eigenvalue weighted by Crippen LogP contribution is -2.24. The monoisotopic (exact) mass is 272 g/mol. The lowest BCUT2D eigenvalue weighted by molar-refractivity contribution is -0.119. The summed E-state index contributed by atoms with van der Waals surface area (Å²) in [5.41, 5.74) is 6.47. The third-order valence-electron chi connectivity index (χ3n) is 2.42. The zero-order chi connectivity index (χ0) is 13.5. The maximum atomic E-state index is 11.2. The van der Waals surface area contributed by atoms with Crippen molar-refractivity contribution in [2.24, 2.45) is 0 Å². The highest BCUT2D eigenvalue weighted by Crippen LogP contribution is 2.44. The predicted molar refractivity (Wildman–Crippen MR) is 63.3 cm³/mol. The molecule has 2 rings (SSSR count). The summed E-state index contributed by atoms with van der Waals surface area (Å²) in [6, 6.07) is 2.41. The molecule has 1 atom stereocenters. The van der Waals surface area contributed by atoms with E-state index >= 15 is 0 Å². The number of nitrogen functional groups attached to an aromatic ring is 1. The van der Waals surface area contributed by atoms with E-state index in [-0.39, 0.29) is 17.4 Å². The van der Waals surface area contributed by atoms with Crippen LogP contribution in [-0.2, 0) is 15.2 Å². The number of rotatable bonds is 2. The number of anilines is 1. The van der Waals surface area contributed by atoms with E-state index in [1.165, 1.54) is 19.1 Å². The van der Waals surface area contributed by atoms with Crippen molar-refractivity contribution < 1.29 is 21.6 Å². The van der Waals surface area contributed by atoms with Crippen LogP contribution >= 0.6 is 0 Å². The van der Waals surface area contributed by atoms with Crippen LogP contribution in [0.5, 0.6) is 11.5 Å². The molecule has 98 valence electrons. The second kappa shape index (κ2) is 4.05. The molecule has 0 saturated carbocycles. The molecular formula is C10H12N2O5S. The van der Waals surface area contributed by atoms with E-state index in [1.807, 2.05) is 0 Å². The minimum absolute atomic E-state index is 0.0243. The molecule has 0 radical (unpaired) electrons. The van der Waals surface area contributed by atoms with Gasteiger partial charge in [-0.15, -0.1) is 8.42 Å². The lowest BCUT2D eigenvalue weighted by atomic mass is 10.0. The normalized spacial score (nSPS) is 17.2. The van der Waals surface area contributed by atoms with Gasteiger partial charge in [0.05, 0.1) is 6.04 Å². The van der Waals surface area contributed by atoms with Gasteiger partial charge in [0, 0.05) is 18.2 Å². The molecule has 1 aliphatic heterocycles. The molecule has 0 aromatic heterocycles. The molecule has 8 heteroatoms. The Hall–Kier alpha value is -1.96. The van der Waals surface area contributed by atoms with Crippen molar-refractivity contribution in [1.29, 1.82) is 0 Å². The van der Waals surface area contributed by atoms with E-state index in [9.17, 15) is 13.2 Å². The van der Waals surface area contributed by atoms with Gasteiger partial charge >= 0.3 is 10.4 Å². The standard InChI is InChI=1S/C10H12N2O5S/c1-5(12-6(2)13)9-7(11)3-4-8-10(9)17-18(14,15)16-8/h3-5H,11H2,1-2H3,(H,12,13). The van der Waals surface area contributed by atoms with E-state index < -0.39 is 16.4 Å². The average molecular weight is 272 g/mol. The molecule has 0 bridgehead atoms. The van der Waals surface area contributed by atoms with Gasteiger partial charge in [-0.1, -0.05) is 0 Å². The van der Waals surface area contributed by atoms with Gasteiger partial charge in [-0.2, -0.15) is 0 Å². The van der Waals surface area contributed by atoms with Crippen molar-refractivity contribution in [1.82, 2.24) is 5.32 Å². The molecule has 1 aromatic carbocycles. The van der Waals surface area contributed by atoms with Gasteiger partial charge in [0.15, 0.2) is 11.5 Å². The molecular weight excluding hydrogens is 260 g/mol. The number of nitrogens with two attached hydrogens (primary N) is 1. The number of amides is 1. The summed E-state index contributed by atoms with van der Waals surface area (Å²) in [5.74, 6) is -0.172. The molecule has 1 unspecified atom stereocenters. The number of hydrogen-bond donors (Lipinski definition) is 2. The van der Waals surface area contributed by atoms with Crippen molar-refractivity contribution in [2.75, 3.05) is 5.73 Å². The van der Waals surface area contributed by atoms with Crippen LogP contribution in [0.1, 0.15) is 25.5 Å². The van der Waals surface area contributed by atoms with Gasteiger partial charge in [-0.25, -0.2) is 0 Å². The van der Waals surface area contributed by atoms with Crippen LogP contribution in [0, 0.1) is 0 Å². The zero-order valence-electron chi connectivity index (χ0n) is 9.76. The Balaban J connectivity index is 2.49. The molecule has 0 aliphatic carbocycles.